The molecular formula is C30H39N3O4. The maximum Gasteiger partial charge on any atom is 0.337 e. The lowest BCUT2D eigenvalue weighted by Crippen LogP contribution is -2.41. The first-order valence-corrected chi connectivity index (χ1v) is 13.4. The maximum absolute atomic E-state index is 13.7. The summed E-state index contributed by atoms with van der Waals surface area (Å²) in [5.41, 5.74) is 12.6. The number of morpholine rings is 1. The van der Waals surface area contributed by atoms with E-state index in [2.05, 4.69) is 18.4 Å². The number of carbonyl (C=O) groups is 2. The van der Waals surface area contributed by atoms with E-state index in [-0.39, 0.29) is 11.9 Å². The lowest BCUT2D eigenvalue weighted by molar-refractivity contribution is -0.131. The number of carbonyl (C=O) groups excluding carboxylic acids is 2. The summed E-state index contributed by atoms with van der Waals surface area (Å²) in [6.07, 6.45) is 9.90. The summed E-state index contributed by atoms with van der Waals surface area (Å²) in [4.78, 5) is 28.1. The number of amides is 1. The molecule has 0 spiro atoms. The van der Waals surface area contributed by atoms with Crippen molar-refractivity contribution in [3.8, 4) is 0 Å². The quantitative estimate of drug-likeness (QED) is 0.526. The number of aromatic nitrogens is 1. The molecule has 2 aliphatic heterocycles. The standard InChI is InChI=1S/C30H39N3O4/c1-5-8-21(9-6-2)27-24-11-10-22(30(35)36-4)17-26(24)33-19-23(29(34)32-12-14-37-15-13-32)16-20(7-3)25(18-31)28(27)33/h7,10-11,16-18,21H,5-6,8-9,12-15,19,31H2,1-4H3/b20-7-,25-18+. The average Bonchev–Trinajstić information content (AvgIpc) is 3.13. The summed E-state index contributed by atoms with van der Waals surface area (Å²) < 4.78 is 12.7. The molecule has 198 valence electrons. The number of benzene rings is 1. The van der Waals surface area contributed by atoms with Crippen molar-refractivity contribution < 1.29 is 19.1 Å². The first-order valence-electron chi connectivity index (χ1n) is 13.4. The first-order chi connectivity index (χ1) is 18.0. The minimum absolute atomic E-state index is 0.0121. The zero-order valence-corrected chi connectivity index (χ0v) is 22.5. The van der Waals surface area contributed by atoms with Gasteiger partial charge in [0.05, 0.1) is 38.1 Å². The van der Waals surface area contributed by atoms with E-state index < -0.39 is 0 Å². The smallest absolute Gasteiger partial charge is 0.337 e. The SMILES string of the molecule is C/C=C1/C=C(C(=O)N2CCOCC2)Cn2c(c(C(CCC)CCC)c3ccc(C(=O)OC)cc32)/C1=C/N. The first kappa shape index (κ1) is 26.7. The van der Waals surface area contributed by atoms with Crippen molar-refractivity contribution in [3.05, 3.63) is 64.5 Å². The molecule has 0 bridgehead atoms. The van der Waals surface area contributed by atoms with Gasteiger partial charge in [-0.25, -0.2) is 4.79 Å². The molecule has 2 aromatic rings. The van der Waals surface area contributed by atoms with Gasteiger partial charge in [-0.1, -0.05) is 38.8 Å². The second kappa shape index (κ2) is 11.8. The molecule has 0 saturated carbocycles. The van der Waals surface area contributed by atoms with E-state index in [1.165, 1.54) is 12.7 Å². The molecule has 1 fully saturated rings. The second-order valence-corrected chi connectivity index (χ2v) is 9.74. The molecular weight excluding hydrogens is 466 g/mol. The number of methoxy groups -OCH3 is 1. The zero-order chi connectivity index (χ0) is 26.5. The van der Waals surface area contributed by atoms with Crippen LogP contribution in [0.15, 0.2) is 47.7 Å². The lowest BCUT2D eigenvalue weighted by atomic mass is 9.85. The van der Waals surface area contributed by atoms with Crippen LogP contribution in [0, 0.1) is 0 Å². The van der Waals surface area contributed by atoms with E-state index >= 15 is 0 Å². The summed E-state index contributed by atoms with van der Waals surface area (Å²) in [5, 5.41) is 1.10. The largest absolute Gasteiger partial charge is 0.465 e. The Morgan fingerprint density at radius 3 is 2.46 bits per heavy atom. The van der Waals surface area contributed by atoms with Crippen LogP contribution in [0.2, 0.25) is 0 Å². The molecule has 7 heteroatoms. The van der Waals surface area contributed by atoms with Gasteiger partial charge in [-0.2, -0.15) is 0 Å². The number of allylic oxidation sites excluding steroid dienone is 4. The Labute approximate surface area is 219 Å². The van der Waals surface area contributed by atoms with Gasteiger partial charge in [-0.05, 0) is 55.0 Å². The Balaban J connectivity index is 2.00. The van der Waals surface area contributed by atoms with Gasteiger partial charge >= 0.3 is 5.97 Å². The van der Waals surface area contributed by atoms with Crippen molar-refractivity contribution in [3.63, 3.8) is 0 Å². The fourth-order valence-electron chi connectivity index (χ4n) is 5.75. The third-order valence-electron chi connectivity index (χ3n) is 7.48. The zero-order valence-electron chi connectivity index (χ0n) is 22.5. The predicted molar refractivity (Wildman–Crippen MR) is 147 cm³/mol. The van der Waals surface area contributed by atoms with Crippen molar-refractivity contribution in [2.45, 2.75) is 58.9 Å². The third kappa shape index (κ3) is 5.10. The van der Waals surface area contributed by atoms with Crippen LogP contribution in [0.4, 0.5) is 0 Å². The number of nitrogens with zero attached hydrogens (tertiary/aromatic N) is 2. The van der Waals surface area contributed by atoms with Crippen molar-refractivity contribution in [2.24, 2.45) is 5.73 Å². The van der Waals surface area contributed by atoms with Gasteiger partial charge in [-0.3, -0.25) is 4.79 Å². The number of fused-ring (bicyclic) bond motifs is 3. The van der Waals surface area contributed by atoms with Crippen LogP contribution in [-0.2, 0) is 20.8 Å². The van der Waals surface area contributed by atoms with E-state index in [0.29, 0.717) is 49.9 Å². The lowest BCUT2D eigenvalue weighted by Gasteiger charge is -2.28. The van der Waals surface area contributed by atoms with Crippen molar-refractivity contribution >= 4 is 28.4 Å². The van der Waals surface area contributed by atoms with Gasteiger partial charge in [0.1, 0.15) is 0 Å². The molecule has 2 aliphatic rings. The molecule has 4 rings (SSSR count). The number of esters is 1. The van der Waals surface area contributed by atoms with E-state index in [0.717, 1.165) is 53.4 Å². The molecule has 3 heterocycles. The Morgan fingerprint density at radius 2 is 1.86 bits per heavy atom. The molecule has 1 aromatic carbocycles. The summed E-state index contributed by atoms with van der Waals surface area (Å²) in [6, 6.07) is 5.77. The minimum Gasteiger partial charge on any atom is -0.465 e. The number of nitrogens with two attached hydrogens (primary N) is 1. The number of hydrogen-bond donors (Lipinski definition) is 1. The van der Waals surface area contributed by atoms with E-state index in [1.54, 1.807) is 6.20 Å². The molecule has 0 radical (unpaired) electrons. The monoisotopic (exact) mass is 505 g/mol. The van der Waals surface area contributed by atoms with Crippen LogP contribution < -0.4 is 5.73 Å². The highest BCUT2D eigenvalue weighted by molar-refractivity contribution is 6.02. The van der Waals surface area contributed by atoms with Crippen LogP contribution in [0.5, 0.6) is 0 Å². The van der Waals surface area contributed by atoms with Gasteiger partial charge in [0.15, 0.2) is 0 Å². The van der Waals surface area contributed by atoms with E-state index in [9.17, 15) is 9.59 Å². The summed E-state index contributed by atoms with van der Waals surface area (Å²) >= 11 is 0. The Hall–Kier alpha value is -3.32. The molecule has 1 amide bonds. The highest BCUT2D eigenvalue weighted by Crippen LogP contribution is 2.44. The van der Waals surface area contributed by atoms with Gasteiger partial charge in [0.2, 0.25) is 0 Å². The minimum atomic E-state index is -0.379. The molecule has 2 N–H and O–H groups in total. The number of hydrogen-bond acceptors (Lipinski definition) is 5. The van der Waals surface area contributed by atoms with Crippen molar-refractivity contribution in [2.75, 3.05) is 33.4 Å². The summed E-state index contributed by atoms with van der Waals surface area (Å²) in [6.45, 7) is 9.05. The van der Waals surface area contributed by atoms with E-state index in [4.69, 9.17) is 15.2 Å². The van der Waals surface area contributed by atoms with Gasteiger partial charge in [0.25, 0.3) is 5.91 Å². The molecule has 37 heavy (non-hydrogen) atoms. The fraction of sp³-hybridized carbons (Fsp3) is 0.467. The summed E-state index contributed by atoms with van der Waals surface area (Å²) in [7, 11) is 1.39. The topological polar surface area (TPSA) is 86.8 Å². The molecule has 0 atom stereocenters. The van der Waals surface area contributed by atoms with Crippen LogP contribution in [0.3, 0.4) is 0 Å². The predicted octanol–water partition coefficient (Wildman–Crippen LogP) is 5.16. The van der Waals surface area contributed by atoms with Crippen molar-refractivity contribution in [1.82, 2.24) is 9.47 Å². The summed E-state index contributed by atoms with van der Waals surface area (Å²) in [5.74, 6) is -0.0319. The van der Waals surface area contributed by atoms with Gasteiger partial charge in [-0.15, -0.1) is 0 Å². The molecule has 7 nitrogen and oxygen atoms in total. The van der Waals surface area contributed by atoms with Gasteiger partial charge < -0.3 is 24.7 Å². The van der Waals surface area contributed by atoms with Crippen LogP contribution in [0.25, 0.3) is 16.5 Å². The molecule has 0 unspecified atom stereocenters. The third-order valence-corrected chi connectivity index (χ3v) is 7.48. The highest BCUT2D eigenvalue weighted by Gasteiger charge is 2.31. The molecule has 0 aliphatic carbocycles. The number of ether oxygens (including phenoxy) is 2. The van der Waals surface area contributed by atoms with E-state index in [1.807, 2.05) is 42.2 Å². The van der Waals surface area contributed by atoms with Crippen LogP contribution >= 0.6 is 0 Å². The Morgan fingerprint density at radius 1 is 1.16 bits per heavy atom. The fourth-order valence-corrected chi connectivity index (χ4v) is 5.75. The van der Waals surface area contributed by atoms with Crippen LogP contribution in [-0.4, -0.2) is 54.8 Å². The Kier molecular flexibility index (Phi) is 8.54. The Bertz CT molecular complexity index is 1260. The second-order valence-electron chi connectivity index (χ2n) is 9.74. The highest BCUT2D eigenvalue weighted by atomic mass is 16.5. The maximum atomic E-state index is 13.7. The number of rotatable bonds is 7. The average molecular weight is 506 g/mol. The molecule has 1 aromatic heterocycles. The van der Waals surface area contributed by atoms with Crippen molar-refractivity contribution in [1.29, 1.82) is 0 Å². The van der Waals surface area contributed by atoms with Crippen LogP contribution in [0.1, 0.15) is 74.0 Å². The van der Waals surface area contributed by atoms with Gasteiger partial charge in [0, 0.05) is 41.3 Å². The normalized spacial score (nSPS) is 18.3. The molecule has 1 saturated heterocycles.